The molecule has 0 amide bonds. The number of hydrogen-bond acceptors (Lipinski definition) is 4. The van der Waals surface area contributed by atoms with E-state index in [1.54, 1.807) is 12.1 Å². The van der Waals surface area contributed by atoms with Gasteiger partial charge in [-0.25, -0.2) is 9.97 Å². The summed E-state index contributed by atoms with van der Waals surface area (Å²) in [5.74, 6) is 0. The molecule has 4 aromatic carbocycles. The van der Waals surface area contributed by atoms with Crippen LogP contribution in [0.5, 0.6) is 0 Å². The van der Waals surface area contributed by atoms with Gasteiger partial charge in [0.25, 0.3) is 10.1 Å². The number of hydrogen-bond donors (Lipinski definition) is 1. The van der Waals surface area contributed by atoms with Gasteiger partial charge in [-0.05, 0) is 35.0 Å². The van der Waals surface area contributed by atoms with E-state index >= 15 is 0 Å². The van der Waals surface area contributed by atoms with E-state index in [1.807, 2.05) is 48.5 Å². The highest BCUT2D eigenvalue weighted by molar-refractivity contribution is 7.86. The third-order valence-electron chi connectivity index (χ3n) is 4.60. The quantitative estimate of drug-likeness (QED) is 0.273. The van der Waals surface area contributed by atoms with Crippen molar-refractivity contribution in [1.82, 2.24) is 9.97 Å². The van der Waals surface area contributed by atoms with E-state index in [0.29, 0.717) is 5.39 Å². The molecule has 0 saturated carbocycles. The van der Waals surface area contributed by atoms with Crippen LogP contribution >= 0.6 is 0 Å². The third-order valence-corrected chi connectivity index (χ3v) is 5.51. The molecule has 1 N–H and O–H groups in total. The number of aromatic nitrogens is 2. The van der Waals surface area contributed by atoms with Crippen molar-refractivity contribution in [2.45, 2.75) is 4.90 Å². The first-order valence-electron chi connectivity index (χ1n) is 8.01. The van der Waals surface area contributed by atoms with Crippen molar-refractivity contribution in [1.29, 1.82) is 0 Å². The Hall–Kier alpha value is -3.09. The van der Waals surface area contributed by atoms with Crippen molar-refractivity contribution >= 4 is 53.7 Å². The molecule has 26 heavy (non-hydrogen) atoms. The minimum Gasteiger partial charge on any atom is -0.282 e. The summed E-state index contributed by atoms with van der Waals surface area (Å²) >= 11 is 0. The Bertz CT molecular complexity index is 1460. The highest BCUT2D eigenvalue weighted by Gasteiger charge is 2.15. The van der Waals surface area contributed by atoms with Crippen LogP contribution < -0.4 is 0 Å². The lowest BCUT2D eigenvalue weighted by Crippen LogP contribution is -1.99. The molecule has 0 aliphatic heterocycles. The first kappa shape index (κ1) is 15.2. The summed E-state index contributed by atoms with van der Waals surface area (Å²) in [7, 11) is -4.30. The van der Waals surface area contributed by atoms with Crippen LogP contribution in [0.15, 0.2) is 71.6 Å². The summed E-state index contributed by atoms with van der Waals surface area (Å²) in [5.41, 5.74) is 3.18. The van der Waals surface area contributed by atoms with Gasteiger partial charge in [0, 0.05) is 10.8 Å². The average molecular weight is 360 g/mol. The smallest absolute Gasteiger partial charge is 0.282 e. The van der Waals surface area contributed by atoms with E-state index in [9.17, 15) is 13.0 Å². The Morgan fingerprint density at radius 1 is 0.615 bits per heavy atom. The van der Waals surface area contributed by atoms with Crippen molar-refractivity contribution < 1.29 is 13.0 Å². The molecule has 0 unspecified atom stereocenters. The maximum absolute atomic E-state index is 11.7. The van der Waals surface area contributed by atoms with Crippen molar-refractivity contribution in [2.24, 2.45) is 0 Å². The topological polar surface area (TPSA) is 80.2 Å². The van der Waals surface area contributed by atoms with Crippen LogP contribution in [0.25, 0.3) is 43.6 Å². The Kier molecular flexibility index (Phi) is 3.04. The zero-order valence-corrected chi connectivity index (χ0v) is 14.2. The van der Waals surface area contributed by atoms with Crippen LogP contribution in [0.4, 0.5) is 0 Å². The van der Waals surface area contributed by atoms with E-state index in [0.717, 1.165) is 38.2 Å². The number of rotatable bonds is 1. The molecule has 0 aliphatic carbocycles. The van der Waals surface area contributed by atoms with E-state index in [1.165, 1.54) is 6.07 Å². The van der Waals surface area contributed by atoms with Gasteiger partial charge in [0.05, 0.1) is 22.1 Å². The van der Waals surface area contributed by atoms with Crippen molar-refractivity contribution in [2.75, 3.05) is 0 Å². The molecule has 0 atom stereocenters. The van der Waals surface area contributed by atoms with E-state index in [-0.39, 0.29) is 4.90 Å². The molecule has 0 radical (unpaired) electrons. The summed E-state index contributed by atoms with van der Waals surface area (Å²) in [5, 5.41) is 2.98. The van der Waals surface area contributed by atoms with Gasteiger partial charge in [-0.2, -0.15) is 8.42 Å². The molecule has 6 heteroatoms. The van der Waals surface area contributed by atoms with Gasteiger partial charge < -0.3 is 0 Å². The molecule has 5 aromatic rings. The summed E-state index contributed by atoms with van der Waals surface area (Å²) in [6, 6.07) is 19.9. The Balaban J connectivity index is 1.96. The fourth-order valence-corrected chi connectivity index (χ4v) is 4.16. The number of benzene rings is 4. The standard InChI is InChI=1S/C20H12N2O3S/c23-26(24,25)19-7-3-4-12-13-10-11-18-20(15(13)9-8-14(12)19)22-17-6-2-1-5-16(17)21-18/h1-11H,(H,23,24,25). The van der Waals surface area contributed by atoms with Gasteiger partial charge in [0.2, 0.25) is 0 Å². The second-order valence-electron chi connectivity index (χ2n) is 6.13. The van der Waals surface area contributed by atoms with Crippen LogP contribution in [0.2, 0.25) is 0 Å². The molecule has 1 aromatic heterocycles. The van der Waals surface area contributed by atoms with Crippen LogP contribution in [-0.4, -0.2) is 22.9 Å². The summed E-state index contributed by atoms with van der Waals surface area (Å²) in [6.07, 6.45) is 0. The molecule has 0 aliphatic rings. The maximum atomic E-state index is 11.7. The van der Waals surface area contributed by atoms with Crippen LogP contribution in [0, 0.1) is 0 Å². The SMILES string of the molecule is O=S(=O)(O)c1cccc2c1ccc1c2ccc2nc3ccccc3nc21. The molecule has 0 spiro atoms. The minimum absolute atomic E-state index is 0.0957. The molecule has 0 saturated heterocycles. The fourth-order valence-electron chi connectivity index (χ4n) is 3.45. The van der Waals surface area contributed by atoms with Gasteiger partial charge in [0.1, 0.15) is 4.90 Å². The monoisotopic (exact) mass is 360 g/mol. The summed E-state index contributed by atoms with van der Waals surface area (Å²) in [4.78, 5) is 9.32. The van der Waals surface area contributed by atoms with Crippen LogP contribution in [-0.2, 0) is 10.1 Å². The highest BCUT2D eigenvalue weighted by Crippen LogP contribution is 2.33. The average Bonchev–Trinajstić information content (AvgIpc) is 2.64. The van der Waals surface area contributed by atoms with Gasteiger partial charge in [-0.1, -0.05) is 42.5 Å². The van der Waals surface area contributed by atoms with Gasteiger partial charge in [-0.3, -0.25) is 4.55 Å². The first-order valence-corrected chi connectivity index (χ1v) is 9.45. The van der Waals surface area contributed by atoms with E-state index < -0.39 is 10.1 Å². The zero-order chi connectivity index (χ0) is 17.9. The van der Waals surface area contributed by atoms with Crippen molar-refractivity contribution in [3.63, 3.8) is 0 Å². The van der Waals surface area contributed by atoms with Gasteiger partial charge >= 0.3 is 0 Å². The molecule has 1 heterocycles. The molecule has 0 fully saturated rings. The molecular formula is C20H12N2O3S. The second-order valence-corrected chi connectivity index (χ2v) is 7.52. The molecule has 0 bridgehead atoms. The van der Waals surface area contributed by atoms with Crippen LogP contribution in [0.1, 0.15) is 0 Å². The predicted molar refractivity (Wildman–Crippen MR) is 102 cm³/mol. The normalized spacial score (nSPS) is 12.3. The summed E-state index contributed by atoms with van der Waals surface area (Å²) in [6.45, 7) is 0. The second kappa shape index (κ2) is 5.20. The lowest BCUT2D eigenvalue weighted by atomic mass is 10.0. The zero-order valence-electron chi connectivity index (χ0n) is 13.4. The largest absolute Gasteiger partial charge is 0.295 e. The van der Waals surface area contributed by atoms with Crippen molar-refractivity contribution in [3.05, 3.63) is 66.7 Å². The fraction of sp³-hybridized carbons (Fsp3) is 0. The van der Waals surface area contributed by atoms with Gasteiger partial charge in [0.15, 0.2) is 0 Å². The Morgan fingerprint density at radius 3 is 2.04 bits per heavy atom. The number of nitrogens with zero attached hydrogens (tertiary/aromatic N) is 2. The highest BCUT2D eigenvalue weighted by atomic mass is 32.2. The first-order chi connectivity index (χ1) is 12.5. The van der Waals surface area contributed by atoms with Crippen LogP contribution in [0.3, 0.4) is 0 Å². The number of para-hydroxylation sites is 2. The van der Waals surface area contributed by atoms with E-state index in [4.69, 9.17) is 4.98 Å². The summed E-state index contributed by atoms with van der Waals surface area (Å²) < 4.78 is 32.8. The Morgan fingerprint density at radius 2 is 1.27 bits per heavy atom. The van der Waals surface area contributed by atoms with Gasteiger partial charge in [-0.15, -0.1) is 0 Å². The minimum atomic E-state index is -4.30. The molecule has 5 nitrogen and oxygen atoms in total. The molecule has 5 rings (SSSR count). The Labute approximate surface area is 148 Å². The predicted octanol–water partition coefficient (Wildman–Crippen LogP) is 4.34. The van der Waals surface area contributed by atoms with Crippen molar-refractivity contribution in [3.8, 4) is 0 Å². The van der Waals surface area contributed by atoms with E-state index in [2.05, 4.69) is 4.98 Å². The third kappa shape index (κ3) is 2.16. The lowest BCUT2D eigenvalue weighted by molar-refractivity contribution is 0.484. The lowest BCUT2D eigenvalue weighted by Gasteiger charge is -2.09. The number of fused-ring (bicyclic) bond motifs is 6. The molecule has 126 valence electrons. The maximum Gasteiger partial charge on any atom is 0.295 e. The molecular weight excluding hydrogens is 348 g/mol.